The highest BCUT2D eigenvalue weighted by Gasteiger charge is 2.29. The summed E-state index contributed by atoms with van der Waals surface area (Å²) in [5, 5.41) is 20.3. The van der Waals surface area contributed by atoms with Crippen LogP contribution in [0.15, 0.2) is 10.9 Å². The molecule has 6 nitrogen and oxygen atoms in total. The van der Waals surface area contributed by atoms with E-state index in [2.05, 4.69) is 17.2 Å². The molecule has 0 amide bonds. The SMILES string of the molecule is [CH2]CC(c1cscn1)C(NC(=N)N)C(=O)O. The van der Waals surface area contributed by atoms with E-state index in [4.69, 9.17) is 16.2 Å². The summed E-state index contributed by atoms with van der Waals surface area (Å²) in [6, 6.07) is -0.975. The molecule has 7 heteroatoms. The largest absolute Gasteiger partial charge is 0.480 e. The Balaban J connectivity index is 2.90. The zero-order valence-electron chi connectivity index (χ0n) is 8.51. The van der Waals surface area contributed by atoms with Crippen LogP contribution in [0.2, 0.25) is 0 Å². The van der Waals surface area contributed by atoms with Crippen LogP contribution in [0.3, 0.4) is 0 Å². The fourth-order valence-electron chi connectivity index (χ4n) is 1.39. The Morgan fingerprint density at radius 1 is 1.81 bits per heavy atom. The molecule has 2 atom stereocenters. The fraction of sp³-hybridized carbons (Fsp3) is 0.333. The van der Waals surface area contributed by atoms with E-state index in [1.165, 1.54) is 11.3 Å². The zero-order chi connectivity index (χ0) is 12.1. The van der Waals surface area contributed by atoms with Crippen LogP contribution in [0.5, 0.6) is 0 Å². The van der Waals surface area contributed by atoms with Gasteiger partial charge in [-0.2, -0.15) is 0 Å². The molecule has 0 fully saturated rings. The molecule has 5 N–H and O–H groups in total. The summed E-state index contributed by atoms with van der Waals surface area (Å²) in [7, 11) is 0. The molecule has 1 aromatic heterocycles. The monoisotopic (exact) mass is 241 g/mol. The van der Waals surface area contributed by atoms with E-state index in [1.54, 1.807) is 10.9 Å². The van der Waals surface area contributed by atoms with Gasteiger partial charge in [0.15, 0.2) is 5.96 Å². The lowest BCUT2D eigenvalue weighted by Gasteiger charge is -2.22. The predicted octanol–water partition coefficient (Wildman–Crippen LogP) is 0.387. The lowest BCUT2D eigenvalue weighted by Crippen LogP contribution is -2.47. The van der Waals surface area contributed by atoms with Crippen molar-refractivity contribution in [2.75, 3.05) is 0 Å². The van der Waals surface area contributed by atoms with Gasteiger partial charge < -0.3 is 16.2 Å². The van der Waals surface area contributed by atoms with Crippen LogP contribution < -0.4 is 11.1 Å². The Hall–Kier alpha value is -1.63. The number of carbonyl (C=O) groups is 1. The lowest BCUT2D eigenvalue weighted by molar-refractivity contribution is -0.139. The van der Waals surface area contributed by atoms with Gasteiger partial charge in [0, 0.05) is 11.3 Å². The van der Waals surface area contributed by atoms with Crippen molar-refractivity contribution in [2.45, 2.75) is 18.4 Å². The third-order valence-electron chi connectivity index (χ3n) is 2.12. The summed E-state index contributed by atoms with van der Waals surface area (Å²) in [5.74, 6) is -1.84. The molecule has 0 spiro atoms. The minimum Gasteiger partial charge on any atom is -0.480 e. The van der Waals surface area contributed by atoms with E-state index < -0.39 is 17.9 Å². The Bertz CT molecular complexity index is 366. The third kappa shape index (κ3) is 2.93. The molecule has 1 aromatic rings. The molecule has 1 radical (unpaired) electrons. The van der Waals surface area contributed by atoms with Crippen LogP contribution in [0, 0.1) is 12.3 Å². The topological polar surface area (TPSA) is 112 Å². The second-order valence-electron chi connectivity index (χ2n) is 3.18. The molecule has 1 rings (SSSR count). The normalized spacial score (nSPS) is 14.1. The molecule has 1 heterocycles. The van der Waals surface area contributed by atoms with E-state index in [0.717, 1.165) is 0 Å². The standard InChI is InChI=1S/C9H13N4O2S/c1-2-5(6-3-16-4-12-6)7(8(14)15)13-9(10)11/h3-5,7H,1-2H2,(H,14,15)(H4,10,11,13). The van der Waals surface area contributed by atoms with Gasteiger partial charge in [-0.3, -0.25) is 5.41 Å². The van der Waals surface area contributed by atoms with Crippen molar-refractivity contribution in [2.24, 2.45) is 5.73 Å². The molecule has 0 bridgehead atoms. The van der Waals surface area contributed by atoms with Crippen LogP contribution in [0.25, 0.3) is 0 Å². The number of thiazole rings is 1. The van der Waals surface area contributed by atoms with Gasteiger partial charge >= 0.3 is 5.97 Å². The van der Waals surface area contributed by atoms with Gasteiger partial charge in [-0.25, -0.2) is 9.78 Å². The molecule has 0 aliphatic rings. The highest BCUT2D eigenvalue weighted by Crippen LogP contribution is 2.23. The van der Waals surface area contributed by atoms with Crippen molar-refractivity contribution in [1.29, 1.82) is 5.41 Å². The van der Waals surface area contributed by atoms with Crippen LogP contribution >= 0.6 is 11.3 Å². The number of nitrogens with zero attached hydrogens (tertiary/aromatic N) is 1. The van der Waals surface area contributed by atoms with Gasteiger partial charge in [0.25, 0.3) is 0 Å². The molecular weight excluding hydrogens is 228 g/mol. The highest BCUT2D eigenvalue weighted by atomic mass is 32.1. The maximum Gasteiger partial charge on any atom is 0.326 e. The summed E-state index contributed by atoms with van der Waals surface area (Å²) >= 11 is 1.39. The Morgan fingerprint density at radius 2 is 2.50 bits per heavy atom. The fourth-order valence-corrected chi connectivity index (χ4v) is 2.01. The quantitative estimate of drug-likeness (QED) is 0.440. The van der Waals surface area contributed by atoms with Gasteiger partial charge in [0.05, 0.1) is 11.2 Å². The van der Waals surface area contributed by atoms with Crippen molar-refractivity contribution in [1.82, 2.24) is 10.3 Å². The minimum absolute atomic E-state index is 0.362. The highest BCUT2D eigenvalue weighted by molar-refractivity contribution is 7.07. The number of nitrogens with one attached hydrogen (secondary N) is 2. The molecule has 87 valence electrons. The second kappa shape index (κ2) is 5.45. The van der Waals surface area contributed by atoms with Crippen LogP contribution in [-0.4, -0.2) is 28.1 Å². The number of carboxylic acids is 1. The summed E-state index contributed by atoms with van der Waals surface area (Å²) in [6.07, 6.45) is 0.362. The second-order valence-corrected chi connectivity index (χ2v) is 3.90. The molecule has 0 aliphatic heterocycles. The van der Waals surface area contributed by atoms with Gasteiger partial charge in [0.2, 0.25) is 0 Å². The number of aliphatic carboxylic acids is 1. The minimum atomic E-state index is -1.07. The predicted molar refractivity (Wildman–Crippen MR) is 61.3 cm³/mol. The lowest BCUT2D eigenvalue weighted by atomic mass is 9.94. The van der Waals surface area contributed by atoms with Crippen molar-refractivity contribution in [3.8, 4) is 0 Å². The maximum absolute atomic E-state index is 11.1. The number of rotatable bonds is 5. The first-order valence-corrected chi connectivity index (χ1v) is 5.51. The van der Waals surface area contributed by atoms with E-state index in [1.807, 2.05) is 0 Å². The summed E-state index contributed by atoms with van der Waals surface area (Å²) in [6.45, 7) is 3.70. The van der Waals surface area contributed by atoms with E-state index in [9.17, 15) is 4.79 Å². The van der Waals surface area contributed by atoms with E-state index in [0.29, 0.717) is 12.1 Å². The number of hydrogen-bond acceptors (Lipinski definition) is 4. The average molecular weight is 241 g/mol. The average Bonchev–Trinajstić information content (AvgIpc) is 2.70. The number of hydrogen-bond donors (Lipinski definition) is 4. The first-order valence-electron chi connectivity index (χ1n) is 4.57. The number of nitrogens with two attached hydrogens (primary N) is 1. The van der Waals surface area contributed by atoms with Crippen molar-refractivity contribution in [3.05, 3.63) is 23.5 Å². The third-order valence-corrected chi connectivity index (χ3v) is 2.73. The van der Waals surface area contributed by atoms with Gasteiger partial charge in [-0.1, -0.05) is 6.92 Å². The first-order chi connectivity index (χ1) is 7.56. The zero-order valence-corrected chi connectivity index (χ0v) is 9.33. The van der Waals surface area contributed by atoms with Crippen LogP contribution in [0.4, 0.5) is 0 Å². The molecule has 0 saturated heterocycles. The van der Waals surface area contributed by atoms with Crippen molar-refractivity contribution in [3.63, 3.8) is 0 Å². The number of aromatic nitrogens is 1. The maximum atomic E-state index is 11.1. The smallest absolute Gasteiger partial charge is 0.326 e. The van der Waals surface area contributed by atoms with E-state index >= 15 is 0 Å². The molecular formula is C9H13N4O2S. The van der Waals surface area contributed by atoms with Crippen molar-refractivity contribution < 1.29 is 9.90 Å². The van der Waals surface area contributed by atoms with Gasteiger partial charge in [-0.15, -0.1) is 11.3 Å². The molecule has 2 unspecified atom stereocenters. The Labute approximate surface area is 97.0 Å². The molecule has 16 heavy (non-hydrogen) atoms. The molecule has 0 saturated carbocycles. The summed E-state index contributed by atoms with van der Waals surface area (Å²) in [5.41, 5.74) is 7.43. The van der Waals surface area contributed by atoms with E-state index in [-0.39, 0.29) is 5.96 Å². The van der Waals surface area contributed by atoms with Crippen LogP contribution in [-0.2, 0) is 4.79 Å². The number of carboxylic acid groups (broad SMARTS) is 1. The van der Waals surface area contributed by atoms with Gasteiger partial charge in [0.1, 0.15) is 6.04 Å². The molecule has 0 aliphatic carbocycles. The Kier molecular flexibility index (Phi) is 4.24. The van der Waals surface area contributed by atoms with Crippen LogP contribution in [0.1, 0.15) is 18.0 Å². The summed E-state index contributed by atoms with van der Waals surface area (Å²) < 4.78 is 0. The summed E-state index contributed by atoms with van der Waals surface area (Å²) in [4.78, 5) is 15.1. The van der Waals surface area contributed by atoms with Gasteiger partial charge in [-0.05, 0) is 6.42 Å². The van der Waals surface area contributed by atoms with Crippen molar-refractivity contribution >= 4 is 23.3 Å². The number of guanidine groups is 1. The first kappa shape index (κ1) is 12.4. The molecule has 0 aromatic carbocycles. The Morgan fingerprint density at radius 3 is 2.88 bits per heavy atom.